The summed E-state index contributed by atoms with van der Waals surface area (Å²) >= 11 is 0. The Kier molecular flexibility index (Phi) is 8.20. The summed E-state index contributed by atoms with van der Waals surface area (Å²) in [5.74, 6) is 2.07. The monoisotopic (exact) mass is 465 g/mol. The maximum atomic E-state index is 5.40. The Balaban J connectivity index is 0.00000171. The van der Waals surface area contributed by atoms with Crippen molar-refractivity contribution in [1.82, 2.24) is 19.5 Å². The first kappa shape index (κ1) is 25.2. The van der Waals surface area contributed by atoms with Crippen molar-refractivity contribution in [3.63, 3.8) is 0 Å². The quantitative estimate of drug-likeness (QED) is 0.541. The van der Waals surface area contributed by atoms with Crippen LogP contribution in [0.4, 0.5) is 5.82 Å². The van der Waals surface area contributed by atoms with Crippen molar-refractivity contribution >= 4 is 36.3 Å². The molecule has 0 radical (unpaired) electrons. The van der Waals surface area contributed by atoms with Gasteiger partial charge in [-0.15, -0.1) is 24.8 Å². The molecular formula is C23H33Cl2N5O. The van der Waals surface area contributed by atoms with Gasteiger partial charge in [-0.25, -0.2) is 4.98 Å². The summed E-state index contributed by atoms with van der Waals surface area (Å²) in [5.41, 5.74) is 8.04. The zero-order chi connectivity index (χ0) is 20.7. The van der Waals surface area contributed by atoms with Crippen LogP contribution >= 0.6 is 24.8 Å². The molecule has 1 aliphatic carbocycles. The lowest BCUT2D eigenvalue weighted by molar-refractivity contribution is 0.414. The van der Waals surface area contributed by atoms with Crippen molar-refractivity contribution < 1.29 is 4.74 Å². The van der Waals surface area contributed by atoms with Gasteiger partial charge in [0.2, 0.25) is 0 Å². The van der Waals surface area contributed by atoms with Crippen molar-refractivity contribution in [2.75, 3.05) is 46.2 Å². The van der Waals surface area contributed by atoms with E-state index in [1.54, 1.807) is 7.11 Å². The Morgan fingerprint density at radius 1 is 1.06 bits per heavy atom. The molecule has 1 aliphatic rings. The molecule has 0 N–H and O–H groups in total. The molecule has 170 valence electrons. The summed E-state index contributed by atoms with van der Waals surface area (Å²) in [6, 6.07) is 6.22. The first-order valence-corrected chi connectivity index (χ1v) is 10.3. The first-order valence-electron chi connectivity index (χ1n) is 10.3. The molecule has 2 aromatic heterocycles. The molecule has 1 aromatic carbocycles. The summed E-state index contributed by atoms with van der Waals surface area (Å²) in [7, 11) is 8.11. The van der Waals surface area contributed by atoms with Crippen LogP contribution in [0.3, 0.4) is 0 Å². The highest BCUT2D eigenvalue weighted by molar-refractivity contribution is 5.86. The fourth-order valence-corrected chi connectivity index (χ4v) is 4.32. The molecule has 4 rings (SSSR count). The van der Waals surface area contributed by atoms with Gasteiger partial charge in [-0.05, 0) is 70.5 Å². The third-order valence-corrected chi connectivity index (χ3v) is 5.88. The van der Waals surface area contributed by atoms with E-state index in [0.717, 1.165) is 48.6 Å². The van der Waals surface area contributed by atoms with E-state index < -0.39 is 0 Å². The van der Waals surface area contributed by atoms with Gasteiger partial charge in [0.15, 0.2) is 5.65 Å². The molecule has 6 nitrogen and oxygen atoms in total. The largest absolute Gasteiger partial charge is 0.497 e. The van der Waals surface area contributed by atoms with Gasteiger partial charge in [0.05, 0.1) is 12.8 Å². The number of hydrogen-bond donors (Lipinski definition) is 0. The highest BCUT2D eigenvalue weighted by atomic mass is 35.5. The maximum absolute atomic E-state index is 5.40. The molecule has 31 heavy (non-hydrogen) atoms. The number of nitrogens with zero attached hydrogens (tertiary/aromatic N) is 5. The predicted octanol–water partition coefficient (Wildman–Crippen LogP) is 4.35. The maximum Gasteiger partial charge on any atom is 0.165 e. The lowest BCUT2D eigenvalue weighted by atomic mass is 10.0. The number of hydrogen-bond acceptors (Lipinski definition) is 5. The van der Waals surface area contributed by atoms with Gasteiger partial charge >= 0.3 is 0 Å². The third kappa shape index (κ3) is 4.61. The minimum atomic E-state index is 0. The number of anilines is 1. The summed E-state index contributed by atoms with van der Waals surface area (Å²) in [5, 5.41) is 4.97. The molecule has 8 heteroatoms. The Bertz CT molecular complexity index is 1060. The minimum absolute atomic E-state index is 0. The van der Waals surface area contributed by atoms with Gasteiger partial charge in [-0.3, -0.25) is 0 Å². The van der Waals surface area contributed by atoms with E-state index in [-0.39, 0.29) is 24.8 Å². The van der Waals surface area contributed by atoms with E-state index in [2.05, 4.69) is 61.4 Å². The number of aryl methyl sites for hydroxylation is 3. The first-order chi connectivity index (χ1) is 13.9. The summed E-state index contributed by atoms with van der Waals surface area (Å²) in [6.45, 7) is 6.16. The van der Waals surface area contributed by atoms with Crippen molar-refractivity contribution in [1.29, 1.82) is 0 Å². The number of likely N-dealkylation sites (N-methyl/N-ethyl adjacent to an activating group) is 2. The van der Waals surface area contributed by atoms with Gasteiger partial charge in [-0.2, -0.15) is 9.61 Å². The SMILES string of the molecule is COc1ccc(-c2c(C)nn3c(N(C)CCN(C)C)c4c(nc23)CCC4)c(C)c1.Cl.Cl. The molecule has 0 saturated heterocycles. The van der Waals surface area contributed by atoms with Crippen LogP contribution in [0.2, 0.25) is 0 Å². The number of ether oxygens (including phenoxy) is 1. The van der Waals surface area contributed by atoms with Crippen molar-refractivity contribution in [2.45, 2.75) is 33.1 Å². The fourth-order valence-electron chi connectivity index (χ4n) is 4.32. The van der Waals surface area contributed by atoms with Crippen LogP contribution in [-0.2, 0) is 12.8 Å². The number of halogens is 2. The molecular weight excluding hydrogens is 433 g/mol. The topological polar surface area (TPSA) is 45.9 Å². The van der Waals surface area contributed by atoms with E-state index in [4.69, 9.17) is 14.8 Å². The van der Waals surface area contributed by atoms with Crippen molar-refractivity contribution in [2.24, 2.45) is 0 Å². The van der Waals surface area contributed by atoms with E-state index in [9.17, 15) is 0 Å². The Hall–Kier alpha value is -2.02. The summed E-state index contributed by atoms with van der Waals surface area (Å²) in [4.78, 5) is 9.67. The zero-order valence-corrected chi connectivity index (χ0v) is 20.9. The van der Waals surface area contributed by atoms with Crippen LogP contribution in [-0.4, -0.2) is 60.8 Å². The van der Waals surface area contributed by atoms with E-state index in [1.165, 1.54) is 34.6 Å². The van der Waals surface area contributed by atoms with Gasteiger partial charge < -0.3 is 14.5 Å². The lowest BCUT2D eigenvalue weighted by Crippen LogP contribution is -2.30. The van der Waals surface area contributed by atoms with Gasteiger partial charge in [-0.1, -0.05) is 6.07 Å². The van der Waals surface area contributed by atoms with Crippen LogP contribution in [0.15, 0.2) is 18.2 Å². The highest BCUT2D eigenvalue weighted by Crippen LogP contribution is 2.37. The molecule has 0 atom stereocenters. The minimum Gasteiger partial charge on any atom is -0.497 e. The average Bonchev–Trinajstić information content (AvgIpc) is 3.27. The van der Waals surface area contributed by atoms with E-state index >= 15 is 0 Å². The predicted molar refractivity (Wildman–Crippen MR) is 133 cm³/mol. The molecule has 0 fully saturated rings. The van der Waals surface area contributed by atoms with E-state index in [1.807, 2.05) is 6.07 Å². The van der Waals surface area contributed by atoms with Crippen LogP contribution in [0.1, 0.15) is 28.9 Å². The molecule has 0 spiro atoms. The standard InChI is InChI=1S/C23H31N5O.2ClH/c1-15-14-17(29-6)10-11-18(15)21-16(2)25-28-22(21)24-20-9-7-8-19(20)23(28)27(5)13-12-26(3)4;;/h10-11,14H,7-9,12-13H2,1-6H3;2*1H. The highest BCUT2D eigenvalue weighted by Gasteiger charge is 2.26. The van der Waals surface area contributed by atoms with Crippen molar-refractivity contribution in [3.05, 3.63) is 40.7 Å². The molecule has 0 bridgehead atoms. The van der Waals surface area contributed by atoms with Gasteiger partial charge in [0, 0.05) is 37.0 Å². The third-order valence-electron chi connectivity index (χ3n) is 5.88. The second-order valence-electron chi connectivity index (χ2n) is 8.32. The van der Waals surface area contributed by atoms with Crippen molar-refractivity contribution in [3.8, 4) is 16.9 Å². The Labute approximate surface area is 197 Å². The van der Waals surface area contributed by atoms with Gasteiger partial charge in [0.1, 0.15) is 11.6 Å². The summed E-state index contributed by atoms with van der Waals surface area (Å²) in [6.07, 6.45) is 3.29. The molecule has 0 unspecified atom stereocenters. The van der Waals surface area contributed by atoms with Crippen LogP contribution < -0.4 is 9.64 Å². The molecule has 0 amide bonds. The van der Waals surface area contributed by atoms with Crippen LogP contribution in [0, 0.1) is 13.8 Å². The number of aromatic nitrogens is 3. The molecule has 0 saturated carbocycles. The number of methoxy groups -OCH3 is 1. The zero-order valence-electron chi connectivity index (χ0n) is 19.2. The average molecular weight is 466 g/mol. The number of rotatable bonds is 6. The van der Waals surface area contributed by atoms with E-state index in [0.29, 0.717) is 0 Å². The second kappa shape index (κ2) is 10.1. The smallest absolute Gasteiger partial charge is 0.165 e. The fraction of sp³-hybridized carbons (Fsp3) is 0.478. The number of benzene rings is 1. The molecule has 3 aromatic rings. The molecule has 2 heterocycles. The number of fused-ring (bicyclic) bond motifs is 2. The molecule has 0 aliphatic heterocycles. The summed E-state index contributed by atoms with van der Waals surface area (Å²) < 4.78 is 7.47. The van der Waals surface area contributed by atoms with Crippen LogP contribution in [0.5, 0.6) is 5.75 Å². The normalized spacial score (nSPS) is 12.5. The Morgan fingerprint density at radius 3 is 2.45 bits per heavy atom. The Morgan fingerprint density at radius 2 is 1.81 bits per heavy atom. The second-order valence-corrected chi connectivity index (χ2v) is 8.32. The van der Waals surface area contributed by atoms with Gasteiger partial charge in [0.25, 0.3) is 0 Å². The lowest BCUT2D eigenvalue weighted by Gasteiger charge is -2.24. The van der Waals surface area contributed by atoms with Crippen LogP contribution in [0.25, 0.3) is 16.8 Å².